The Morgan fingerprint density at radius 3 is 2.47 bits per heavy atom. The Morgan fingerprint density at radius 2 is 1.76 bits per heavy atom. The average Bonchev–Trinajstić information content (AvgIpc) is 3.24. The van der Waals surface area contributed by atoms with Crippen LogP contribution in [0.5, 0.6) is 5.88 Å². The lowest BCUT2D eigenvalue weighted by Crippen LogP contribution is -2.51. The van der Waals surface area contributed by atoms with Gasteiger partial charge in [0.2, 0.25) is 5.88 Å². The lowest BCUT2D eigenvalue weighted by atomic mass is 9.88. The molecule has 4 rings (SSSR count). The molecule has 2 heterocycles. The monoisotopic (exact) mass is 497 g/mol. The van der Waals surface area contributed by atoms with Crippen LogP contribution in [0.3, 0.4) is 0 Å². The molecule has 0 spiro atoms. The Kier molecular flexibility index (Phi) is 7.10. The maximum absolute atomic E-state index is 13.2. The van der Waals surface area contributed by atoms with Crippen LogP contribution in [-0.2, 0) is 11.2 Å². The number of pyridine rings is 1. The van der Waals surface area contributed by atoms with E-state index in [0.717, 1.165) is 16.6 Å². The van der Waals surface area contributed by atoms with Crippen LogP contribution in [0.2, 0.25) is 10.0 Å². The van der Waals surface area contributed by atoms with E-state index in [1.165, 1.54) is 6.20 Å². The number of para-hydroxylation sites is 1. The van der Waals surface area contributed by atoms with Gasteiger partial charge in [-0.15, -0.1) is 0 Å². The highest BCUT2D eigenvalue weighted by molar-refractivity contribution is 6.30. The van der Waals surface area contributed by atoms with Gasteiger partial charge < -0.3 is 14.6 Å². The molecular weight excluding hydrogens is 473 g/mol. The summed E-state index contributed by atoms with van der Waals surface area (Å²) in [5, 5.41) is 9.56. The van der Waals surface area contributed by atoms with Gasteiger partial charge in [0.05, 0.1) is 10.7 Å². The normalized spacial score (nSPS) is 13.4. The van der Waals surface area contributed by atoms with Gasteiger partial charge in [-0.3, -0.25) is 4.79 Å². The maximum atomic E-state index is 13.2. The summed E-state index contributed by atoms with van der Waals surface area (Å²) in [4.78, 5) is 17.4. The van der Waals surface area contributed by atoms with E-state index >= 15 is 0 Å². The topological polar surface area (TPSA) is 77.2 Å². The van der Waals surface area contributed by atoms with Gasteiger partial charge in [0.25, 0.3) is 5.91 Å². The van der Waals surface area contributed by atoms with Crippen LogP contribution < -0.4 is 10.1 Å². The molecule has 176 valence electrons. The summed E-state index contributed by atoms with van der Waals surface area (Å²) in [5.41, 5.74) is 1.40. The number of fused-ring (bicyclic) bond motifs is 1. The second-order valence-electron chi connectivity index (χ2n) is 8.69. The highest BCUT2D eigenvalue weighted by atomic mass is 35.5. The number of nitrogens with zero attached hydrogens (tertiary/aromatic N) is 2. The molecule has 1 amide bonds. The van der Waals surface area contributed by atoms with E-state index in [9.17, 15) is 4.79 Å². The van der Waals surface area contributed by atoms with E-state index in [1.54, 1.807) is 26.0 Å². The molecule has 1 N–H and O–H groups in total. The molecule has 0 aliphatic heterocycles. The van der Waals surface area contributed by atoms with E-state index < -0.39 is 5.60 Å². The summed E-state index contributed by atoms with van der Waals surface area (Å²) >= 11 is 12.0. The molecule has 34 heavy (non-hydrogen) atoms. The SMILES string of the molecule is CC(NC(=O)C(C)(C)Oc1ccc(Cl)cn1)C(Cc1ccc(Cl)cc1)c1noc2ccccc12. The van der Waals surface area contributed by atoms with Crippen LogP contribution in [0.15, 0.2) is 71.4 Å². The zero-order valence-corrected chi connectivity index (χ0v) is 20.6. The Labute approximate surface area is 208 Å². The molecule has 0 saturated heterocycles. The molecule has 0 saturated carbocycles. The minimum Gasteiger partial charge on any atom is -0.462 e. The number of aromatic nitrogens is 2. The van der Waals surface area contributed by atoms with Gasteiger partial charge in [0.15, 0.2) is 11.2 Å². The van der Waals surface area contributed by atoms with Gasteiger partial charge in [-0.2, -0.15) is 0 Å². The largest absolute Gasteiger partial charge is 0.462 e. The van der Waals surface area contributed by atoms with Crippen LogP contribution in [0.4, 0.5) is 0 Å². The highest BCUT2D eigenvalue weighted by Gasteiger charge is 2.34. The van der Waals surface area contributed by atoms with Crippen molar-refractivity contribution in [1.82, 2.24) is 15.5 Å². The lowest BCUT2D eigenvalue weighted by molar-refractivity contribution is -0.135. The van der Waals surface area contributed by atoms with Crippen molar-refractivity contribution in [1.29, 1.82) is 0 Å². The summed E-state index contributed by atoms with van der Waals surface area (Å²) in [6.07, 6.45) is 2.11. The van der Waals surface area contributed by atoms with Gasteiger partial charge in [-0.25, -0.2) is 4.98 Å². The molecule has 0 radical (unpaired) electrons. The van der Waals surface area contributed by atoms with Crippen LogP contribution in [0.25, 0.3) is 11.0 Å². The van der Waals surface area contributed by atoms with E-state index in [1.807, 2.05) is 55.5 Å². The number of carbonyl (C=O) groups excluding carboxylic acids is 1. The first-order valence-electron chi connectivity index (χ1n) is 10.9. The first kappa shape index (κ1) is 24.0. The van der Waals surface area contributed by atoms with Crippen molar-refractivity contribution in [3.63, 3.8) is 0 Å². The molecule has 2 aromatic heterocycles. The van der Waals surface area contributed by atoms with E-state index in [0.29, 0.717) is 27.9 Å². The van der Waals surface area contributed by atoms with Crippen molar-refractivity contribution in [2.75, 3.05) is 0 Å². The molecule has 0 aliphatic carbocycles. The summed E-state index contributed by atoms with van der Waals surface area (Å²) in [5.74, 6) is -0.110. The maximum Gasteiger partial charge on any atom is 0.263 e. The van der Waals surface area contributed by atoms with Gasteiger partial charge in [-0.05, 0) is 63.1 Å². The molecule has 4 aromatic rings. The third-order valence-corrected chi connectivity index (χ3v) is 6.17. The standard InChI is InChI=1S/C26H25Cl2N3O3/c1-16(30-25(32)26(2,3)33-23-13-12-19(28)15-29-23)21(14-17-8-10-18(27)11-9-17)24-20-6-4-5-7-22(20)34-31-24/h4-13,15-16,21H,14H2,1-3H3,(H,30,32). The molecule has 2 aromatic carbocycles. The number of halogens is 2. The van der Waals surface area contributed by atoms with Crippen molar-refractivity contribution in [3.05, 3.63) is 88.2 Å². The summed E-state index contributed by atoms with van der Waals surface area (Å²) in [7, 11) is 0. The van der Waals surface area contributed by atoms with Crippen LogP contribution in [0, 0.1) is 0 Å². The van der Waals surface area contributed by atoms with Gasteiger partial charge in [-0.1, -0.05) is 52.6 Å². The number of rotatable bonds is 8. The summed E-state index contributed by atoms with van der Waals surface area (Å²) < 4.78 is 11.4. The second kappa shape index (κ2) is 10.0. The van der Waals surface area contributed by atoms with E-state index in [2.05, 4.69) is 15.5 Å². The minimum atomic E-state index is -1.16. The Bertz CT molecular complexity index is 1270. The number of hydrogen-bond donors (Lipinski definition) is 1. The molecule has 8 heteroatoms. The summed E-state index contributed by atoms with van der Waals surface area (Å²) in [6, 6.07) is 18.4. The van der Waals surface area contributed by atoms with Gasteiger partial charge in [0, 0.05) is 34.6 Å². The van der Waals surface area contributed by atoms with Crippen LogP contribution in [-0.4, -0.2) is 27.7 Å². The summed E-state index contributed by atoms with van der Waals surface area (Å²) in [6.45, 7) is 5.36. The smallest absolute Gasteiger partial charge is 0.263 e. The fraction of sp³-hybridized carbons (Fsp3) is 0.269. The highest BCUT2D eigenvalue weighted by Crippen LogP contribution is 2.31. The fourth-order valence-electron chi connectivity index (χ4n) is 3.77. The first-order chi connectivity index (χ1) is 16.2. The third-order valence-electron chi connectivity index (χ3n) is 5.69. The molecule has 0 bridgehead atoms. The minimum absolute atomic E-state index is 0.154. The predicted molar refractivity (Wildman–Crippen MR) is 133 cm³/mol. The average molecular weight is 498 g/mol. The number of carbonyl (C=O) groups is 1. The number of benzene rings is 2. The van der Waals surface area contributed by atoms with Crippen LogP contribution >= 0.6 is 23.2 Å². The molecule has 2 atom stereocenters. The Balaban J connectivity index is 1.58. The van der Waals surface area contributed by atoms with Crippen molar-refractivity contribution >= 4 is 40.1 Å². The Morgan fingerprint density at radius 1 is 1.06 bits per heavy atom. The molecule has 2 unspecified atom stereocenters. The molecule has 0 fully saturated rings. The third kappa shape index (κ3) is 5.51. The predicted octanol–water partition coefficient (Wildman–Crippen LogP) is 6.22. The Hall–Kier alpha value is -3.09. The van der Waals surface area contributed by atoms with Gasteiger partial charge >= 0.3 is 0 Å². The number of amides is 1. The first-order valence-corrected chi connectivity index (χ1v) is 11.7. The molecule has 0 aliphatic rings. The number of ether oxygens (including phenoxy) is 1. The zero-order valence-electron chi connectivity index (χ0n) is 19.1. The van der Waals surface area contributed by atoms with E-state index in [4.69, 9.17) is 32.5 Å². The fourth-order valence-corrected chi connectivity index (χ4v) is 4.01. The lowest BCUT2D eigenvalue weighted by Gasteiger charge is -2.29. The van der Waals surface area contributed by atoms with Gasteiger partial charge in [0.1, 0.15) is 0 Å². The van der Waals surface area contributed by atoms with Crippen molar-refractivity contribution in [2.24, 2.45) is 0 Å². The number of nitrogens with one attached hydrogen (secondary N) is 1. The molecular formula is C26H25Cl2N3O3. The molecule has 6 nitrogen and oxygen atoms in total. The zero-order chi connectivity index (χ0) is 24.3. The van der Waals surface area contributed by atoms with Crippen molar-refractivity contribution in [3.8, 4) is 5.88 Å². The van der Waals surface area contributed by atoms with Crippen molar-refractivity contribution in [2.45, 2.75) is 44.8 Å². The van der Waals surface area contributed by atoms with E-state index in [-0.39, 0.29) is 17.9 Å². The van der Waals surface area contributed by atoms with Crippen molar-refractivity contribution < 1.29 is 14.1 Å². The second-order valence-corrected chi connectivity index (χ2v) is 9.56. The number of hydrogen-bond acceptors (Lipinski definition) is 5. The van der Waals surface area contributed by atoms with Crippen LogP contribution in [0.1, 0.15) is 37.9 Å². The quantitative estimate of drug-likeness (QED) is 0.312.